The summed E-state index contributed by atoms with van der Waals surface area (Å²) >= 11 is 0. The van der Waals surface area contributed by atoms with Crippen molar-refractivity contribution in [3.05, 3.63) is 23.6 Å². The van der Waals surface area contributed by atoms with Gasteiger partial charge >= 0.3 is 12.1 Å². The number of alkyl halides is 1. The van der Waals surface area contributed by atoms with Crippen LogP contribution < -0.4 is 0 Å². The zero-order chi connectivity index (χ0) is 27.1. The zero-order valence-corrected chi connectivity index (χ0v) is 21.7. The van der Waals surface area contributed by atoms with Gasteiger partial charge in [0.05, 0.1) is 6.10 Å². The minimum absolute atomic E-state index is 0.0357. The van der Waals surface area contributed by atoms with E-state index in [2.05, 4.69) is 0 Å². The number of carboxylic acids is 1. The number of hydrogen-bond acceptors (Lipinski definition) is 6. The highest BCUT2D eigenvalue weighted by Crippen LogP contribution is 2.71. The largest absolute Gasteiger partial charge is 0.509 e. The maximum absolute atomic E-state index is 17.3. The first-order valence-electron chi connectivity index (χ1n) is 12.6. The van der Waals surface area contributed by atoms with Crippen molar-refractivity contribution in [1.82, 2.24) is 0 Å². The lowest BCUT2D eigenvalue weighted by molar-refractivity contribution is -0.227. The van der Waals surface area contributed by atoms with Gasteiger partial charge in [0, 0.05) is 35.5 Å². The molecule has 0 radical (unpaired) electrons. The van der Waals surface area contributed by atoms with E-state index in [1.54, 1.807) is 34.6 Å². The summed E-state index contributed by atoms with van der Waals surface area (Å²) in [5.41, 5.74) is -8.27. The molecule has 8 atom stereocenters. The molecule has 4 aliphatic rings. The quantitative estimate of drug-likeness (QED) is 0.509. The molecule has 0 aromatic heterocycles. The Morgan fingerprint density at radius 3 is 2.47 bits per heavy atom. The van der Waals surface area contributed by atoms with Crippen LogP contribution in [0.25, 0.3) is 0 Å². The van der Waals surface area contributed by atoms with Crippen LogP contribution in [0.15, 0.2) is 23.6 Å². The molecule has 9 heteroatoms. The summed E-state index contributed by atoms with van der Waals surface area (Å²) in [7, 11) is 0. The Labute approximate surface area is 209 Å². The van der Waals surface area contributed by atoms with Gasteiger partial charge in [0.2, 0.25) is 5.60 Å². The van der Waals surface area contributed by atoms with Crippen LogP contribution in [0.1, 0.15) is 73.6 Å². The standard InChI is InChI=1S/C27H36F2O7/c1-7-23(3,4)35-22(34)36-27(21(32)33)14(2)10-16-17-12-19(28)18-11-15(30)8-9-24(18,5)26(17,29)20(31)13-25(16,27)6/h8-9,14,16-17,20,31H,7,10-13H2,1-6H3,(H,32,33)/t14-,16+,17+,20+,24+,25+,26+,27+/m1/s1. The van der Waals surface area contributed by atoms with Gasteiger partial charge in [-0.05, 0) is 57.6 Å². The van der Waals surface area contributed by atoms with Crippen LogP contribution in [0.2, 0.25) is 0 Å². The van der Waals surface area contributed by atoms with Crippen molar-refractivity contribution in [3.63, 3.8) is 0 Å². The van der Waals surface area contributed by atoms with Gasteiger partial charge in [-0.15, -0.1) is 0 Å². The monoisotopic (exact) mass is 510 g/mol. The predicted octanol–water partition coefficient (Wildman–Crippen LogP) is 5.07. The van der Waals surface area contributed by atoms with Gasteiger partial charge in [0.1, 0.15) is 11.4 Å². The molecule has 200 valence electrons. The number of allylic oxidation sites excluding steroid dienone is 4. The van der Waals surface area contributed by atoms with Crippen molar-refractivity contribution in [2.24, 2.45) is 28.6 Å². The van der Waals surface area contributed by atoms with Crippen molar-refractivity contribution in [1.29, 1.82) is 0 Å². The lowest BCUT2D eigenvalue weighted by Gasteiger charge is -2.61. The summed E-state index contributed by atoms with van der Waals surface area (Å²) in [6, 6.07) is 0. The third-order valence-electron chi connectivity index (χ3n) is 9.97. The molecule has 0 aromatic rings. The lowest BCUT2D eigenvalue weighted by atomic mass is 9.45. The van der Waals surface area contributed by atoms with E-state index >= 15 is 8.78 Å². The SMILES string of the molecule is CCC(C)(C)OC(=O)O[C@]1(C(=O)O)[C@H](C)C[C@H]2[C@@H]3CC(F)=C4CC(=O)C=C[C@]4(C)[C@@]3(F)[C@@H](O)C[C@@]21C. The van der Waals surface area contributed by atoms with Gasteiger partial charge in [-0.25, -0.2) is 18.4 Å². The lowest BCUT2D eigenvalue weighted by Crippen LogP contribution is -2.69. The highest BCUT2D eigenvalue weighted by Gasteiger charge is 2.78. The number of halogens is 2. The van der Waals surface area contributed by atoms with Crippen molar-refractivity contribution in [2.75, 3.05) is 0 Å². The Morgan fingerprint density at radius 2 is 1.89 bits per heavy atom. The average Bonchev–Trinajstić information content (AvgIpc) is 2.99. The van der Waals surface area contributed by atoms with Gasteiger partial charge in [-0.2, -0.15) is 0 Å². The number of carbonyl (C=O) groups excluding carboxylic acids is 2. The Bertz CT molecular complexity index is 1070. The van der Waals surface area contributed by atoms with Crippen LogP contribution >= 0.6 is 0 Å². The first kappa shape index (κ1) is 26.8. The number of carbonyl (C=O) groups is 3. The number of carboxylic acid groups (broad SMARTS) is 1. The molecule has 2 saturated carbocycles. The second kappa shape index (κ2) is 8.10. The predicted molar refractivity (Wildman–Crippen MR) is 125 cm³/mol. The molecule has 36 heavy (non-hydrogen) atoms. The molecule has 0 amide bonds. The summed E-state index contributed by atoms with van der Waals surface area (Å²) in [6.45, 7) is 9.83. The molecule has 2 fully saturated rings. The Morgan fingerprint density at radius 1 is 1.25 bits per heavy atom. The number of aliphatic hydroxyl groups is 1. The number of ketones is 1. The minimum Gasteiger partial charge on any atom is -0.478 e. The summed E-state index contributed by atoms with van der Waals surface area (Å²) in [4.78, 5) is 37.7. The van der Waals surface area contributed by atoms with Gasteiger partial charge in [-0.1, -0.05) is 26.8 Å². The molecule has 0 aromatic carbocycles. The van der Waals surface area contributed by atoms with Crippen LogP contribution in [0, 0.1) is 28.6 Å². The normalized spacial score (nSPS) is 44.0. The molecule has 0 heterocycles. The summed E-state index contributed by atoms with van der Waals surface area (Å²) in [5.74, 6) is -4.92. The number of fused-ring (bicyclic) bond motifs is 5. The van der Waals surface area contributed by atoms with Crippen molar-refractivity contribution in [2.45, 2.75) is 96.6 Å². The van der Waals surface area contributed by atoms with Crippen LogP contribution in [-0.4, -0.2) is 51.1 Å². The van der Waals surface area contributed by atoms with E-state index in [1.165, 1.54) is 19.1 Å². The average molecular weight is 511 g/mol. The molecule has 0 aliphatic heterocycles. The third kappa shape index (κ3) is 3.26. The molecular weight excluding hydrogens is 474 g/mol. The van der Waals surface area contributed by atoms with Crippen molar-refractivity contribution >= 4 is 17.9 Å². The molecule has 2 N–H and O–H groups in total. The topological polar surface area (TPSA) is 110 Å². The zero-order valence-electron chi connectivity index (χ0n) is 21.7. The molecule has 0 saturated heterocycles. The highest BCUT2D eigenvalue weighted by molar-refractivity contribution is 5.93. The number of aliphatic carboxylic acids is 1. The first-order chi connectivity index (χ1) is 16.5. The fraction of sp³-hybridized carbons (Fsp3) is 0.741. The summed E-state index contributed by atoms with van der Waals surface area (Å²) in [6.07, 6.45) is -0.600. The van der Waals surface area contributed by atoms with E-state index in [1.807, 2.05) is 0 Å². The molecular formula is C27H36F2O7. The maximum Gasteiger partial charge on any atom is 0.509 e. The van der Waals surface area contributed by atoms with Crippen molar-refractivity contribution < 1.29 is 42.9 Å². The van der Waals surface area contributed by atoms with Gasteiger partial charge in [0.15, 0.2) is 11.5 Å². The molecule has 0 spiro atoms. The molecule has 7 nitrogen and oxygen atoms in total. The van der Waals surface area contributed by atoms with Gasteiger partial charge in [0.25, 0.3) is 0 Å². The van der Waals surface area contributed by atoms with E-state index in [9.17, 15) is 24.6 Å². The number of rotatable bonds is 4. The fourth-order valence-corrected chi connectivity index (χ4v) is 7.66. The van der Waals surface area contributed by atoms with Crippen LogP contribution in [0.3, 0.4) is 0 Å². The Hall–Kier alpha value is -2.29. The second-order valence-electron chi connectivity index (χ2n) is 12.1. The van der Waals surface area contributed by atoms with E-state index in [0.29, 0.717) is 6.42 Å². The maximum atomic E-state index is 17.3. The number of aliphatic hydroxyl groups excluding tert-OH is 1. The summed E-state index contributed by atoms with van der Waals surface area (Å²) < 4.78 is 43.8. The van der Waals surface area contributed by atoms with Gasteiger partial charge in [-0.3, -0.25) is 4.79 Å². The Kier molecular flexibility index (Phi) is 6.02. The Balaban J connectivity index is 1.81. The first-order valence-corrected chi connectivity index (χ1v) is 12.6. The number of ether oxygens (including phenoxy) is 2. The van der Waals surface area contributed by atoms with E-state index in [0.717, 1.165) is 0 Å². The highest BCUT2D eigenvalue weighted by atomic mass is 19.1. The van der Waals surface area contributed by atoms with E-state index in [-0.39, 0.29) is 37.0 Å². The van der Waals surface area contributed by atoms with E-state index in [4.69, 9.17) is 9.47 Å². The molecule has 4 aliphatic carbocycles. The molecule has 4 rings (SSSR count). The molecule has 0 unspecified atom stereocenters. The number of hydrogen-bond donors (Lipinski definition) is 2. The molecule has 0 bridgehead atoms. The minimum atomic E-state index is -2.34. The van der Waals surface area contributed by atoms with Gasteiger partial charge < -0.3 is 19.7 Å². The van der Waals surface area contributed by atoms with Crippen LogP contribution in [0.5, 0.6) is 0 Å². The van der Waals surface area contributed by atoms with E-state index < -0.39 is 69.5 Å². The third-order valence-corrected chi connectivity index (χ3v) is 9.97. The van der Waals surface area contributed by atoms with Crippen LogP contribution in [0.4, 0.5) is 13.6 Å². The smallest absolute Gasteiger partial charge is 0.478 e. The van der Waals surface area contributed by atoms with Crippen molar-refractivity contribution in [3.8, 4) is 0 Å². The van der Waals surface area contributed by atoms with Crippen LogP contribution in [-0.2, 0) is 19.1 Å². The summed E-state index contributed by atoms with van der Waals surface area (Å²) in [5, 5.41) is 21.9. The fourth-order valence-electron chi connectivity index (χ4n) is 7.66. The second-order valence-corrected chi connectivity index (χ2v) is 12.1.